The van der Waals surface area contributed by atoms with Gasteiger partial charge in [0.15, 0.2) is 0 Å². The minimum absolute atomic E-state index is 0.0116. The van der Waals surface area contributed by atoms with E-state index in [1.165, 1.54) is 0 Å². The van der Waals surface area contributed by atoms with E-state index in [4.69, 9.17) is 0 Å². The zero-order chi connectivity index (χ0) is 18.6. The van der Waals surface area contributed by atoms with Crippen molar-refractivity contribution in [3.05, 3.63) is 84.3 Å². The number of carbonyl (C=O) groups is 1. The van der Waals surface area contributed by atoms with Crippen molar-refractivity contribution in [3.8, 4) is 11.3 Å². The molecule has 0 aliphatic heterocycles. The third-order valence-corrected chi connectivity index (χ3v) is 4.60. The lowest BCUT2D eigenvalue weighted by Gasteiger charge is -2.07. The SMILES string of the molecule is Cn1nc(CNC(=O)Cc2cccc3ccccc23)cc1-c1ccncc1. The van der Waals surface area contributed by atoms with Gasteiger partial charge in [0.25, 0.3) is 0 Å². The van der Waals surface area contributed by atoms with Gasteiger partial charge in [0.1, 0.15) is 0 Å². The standard InChI is InChI=1S/C22H20N4O/c1-26-21(17-9-11-23-12-10-17)14-19(25-26)15-24-22(27)13-18-7-4-6-16-5-2-3-8-20(16)18/h2-12,14H,13,15H2,1H3,(H,24,27). The predicted octanol–water partition coefficient (Wildman–Crippen LogP) is 3.49. The van der Waals surface area contributed by atoms with Crippen molar-refractivity contribution in [3.63, 3.8) is 0 Å². The second-order valence-corrected chi connectivity index (χ2v) is 6.47. The van der Waals surface area contributed by atoms with Crippen molar-refractivity contribution in [2.75, 3.05) is 0 Å². The molecule has 0 aliphatic carbocycles. The Hall–Kier alpha value is -3.47. The highest BCUT2D eigenvalue weighted by Gasteiger charge is 2.10. The maximum Gasteiger partial charge on any atom is 0.224 e. The number of fused-ring (bicyclic) bond motifs is 1. The monoisotopic (exact) mass is 356 g/mol. The zero-order valence-electron chi connectivity index (χ0n) is 15.1. The predicted molar refractivity (Wildman–Crippen MR) is 106 cm³/mol. The van der Waals surface area contributed by atoms with Crippen LogP contribution in [0.25, 0.3) is 22.0 Å². The van der Waals surface area contributed by atoms with Crippen LogP contribution in [0.4, 0.5) is 0 Å². The summed E-state index contributed by atoms with van der Waals surface area (Å²) in [6.45, 7) is 0.405. The smallest absolute Gasteiger partial charge is 0.224 e. The van der Waals surface area contributed by atoms with Gasteiger partial charge in [-0.15, -0.1) is 0 Å². The number of hydrogen-bond donors (Lipinski definition) is 1. The number of amides is 1. The summed E-state index contributed by atoms with van der Waals surface area (Å²) in [5.74, 6) is -0.0116. The summed E-state index contributed by atoms with van der Waals surface area (Å²) in [6, 6.07) is 20.1. The highest BCUT2D eigenvalue weighted by atomic mass is 16.1. The van der Waals surface area contributed by atoms with Crippen LogP contribution in [-0.4, -0.2) is 20.7 Å². The fraction of sp³-hybridized carbons (Fsp3) is 0.136. The number of carbonyl (C=O) groups excluding carboxylic acids is 1. The van der Waals surface area contributed by atoms with Crippen LogP contribution in [0.5, 0.6) is 0 Å². The van der Waals surface area contributed by atoms with Crippen molar-refractivity contribution in [1.82, 2.24) is 20.1 Å². The Morgan fingerprint density at radius 3 is 2.67 bits per heavy atom. The number of nitrogens with zero attached hydrogens (tertiary/aromatic N) is 3. The van der Waals surface area contributed by atoms with Crippen LogP contribution >= 0.6 is 0 Å². The quantitative estimate of drug-likeness (QED) is 0.595. The summed E-state index contributed by atoms with van der Waals surface area (Å²) in [6.07, 6.45) is 3.87. The average Bonchev–Trinajstić information content (AvgIpc) is 3.08. The highest BCUT2D eigenvalue weighted by Crippen LogP contribution is 2.20. The Balaban J connectivity index is 1.44. The van der Waals surface area contributed by atoms with E-state index < -0.39 is 0 Å². The van der Waals surface area contributed by atoms with Gasteiger partial charge in [0.2, 0.25) is 5.91 Å². The number of aryl methyl sites for hydroxylation is 1. The second-order valence-electron chi connectivity index (χ2n) is 6.47. The van der Waals surface area contributed by atoms with E-state index in [2.05, 4.69) is 33.6 Å². The van der Waals surface area contributed by atoms with Gasteiger partial charge in [-0.05, 0) is 34.5 Å². The third-order valence-electron chi connectivity index (χ3n) is 4.60. The molecule has 1 amide bonds. The Kier molecular flexibility index (Phi) is 4.66. The number of pyridine rings is 1. The van der Waals surface area contributed by atoms with Gasteiger partial charge in [-0.2, -0.15) is 5.10 Å². The number of rotatable bonds is 5. The van der Waals surface area contributed by atoms with Gasteiger partial charge in [-0.1, -0.05) is 42.5 Å². The molecule has 4 rings (SSSR count). The van der Waals surface area contributed by atoms with Crippen LogP contribution in [0.2, 0.25) is 0 Å². The Morgan fingerprint density at radius 2 is 1.81 bits per heavy atom. The summed E-state index contributed by atoms with van der Waals surface area (Å²) in [5.41, 5.74) is 3.91. The van der Waals surface area contributed by atoms with E-state index in [0.717, 1.165) is 33.3 Å². The van der Waals surface area contributed by atoms with E-state index in [1.807, 2.05) is 54.2 Å². The molecule has 0 aliphatic rings. The van der Waals surface area contributed by atoms with Crippen molar-refractivity contribution in [1.29, 1.82) is 0 Å². The molecule has 0 atom stereocenters. The second kappa shape index (κ2) is 7.41. The molecule has 2 aromatic carbocycles. The summed E-state index contributed by atoms with van der Waals surface area (Å²) in [4.78, 5) is 16.5. The first-order chi connectivity index (χ1) is 13.2. The lowest BCUT2D eigenvalue weighted by atomic mass is 10.0. The van der Waals surface area contributed by atoms with Crippen LogP contribution in [0.15, 0.2) is 73.1 Å². The van der Waals surface area contributed by atoms with Gasteiger partial charge >= 0.3 is 0 Å². The summed E-state index contributed by atoms with van der Waals surface area (Å²) in [7, 11) is 1.90. The normalized spacial score (nSPS) is 10.9. The maximum absolute atomic E-state index is 12.4. The Bertz CT molecular complexity index is 1080. The van der Waals surface area contributed by atoms with Crippen molar-refractivity contribution < 1.29 is 4.79 Å². The molecule has 0 saturated heterocycles. The molecule has 1 N–H and O–H groups in total. The third kappa shape index (κ3) is 3.72. The topological polar surface area (TPSA) is 59.8 Å². The van der Waals surface area contributed by atoms with Crippen LogP contribution in [0.1, 0.15) is 11.3 Å². The molecule has 5 nitrogen and oxygen atoms in total. The van der Waals surface area contributed by atoms with E-state index in [0.29, 0.717) is 13.0 Å². The number of hydrogen-bond acceptors (Lipinski definition) is 3. The molecule has 0 radical (unpaired) electrons. The maximum atomic E-state index is 12.4. The first-order valence-electron chi connectivity index (χ1n) is 8.87. The Morgan fingerprint density at radius 1 is 1.04 bits per heavy atom. The molecule has 5 heteroatoms. The molecule has 0 spiro atoms. The van der Waals surface area contributed by atoms with E-state index >= 15 is 0 Å². The van der Waals surface area contributed by atoms with Crippen LogP contribution in [-0.2, 0) is 24.8 Å². The summed E-state index contributed by atoms with van der Waals surface area (Å²) >= 11 is 0. The molecule has 2 heterocycles. The molecule has 0 bridgehead atoms. The molecule has 0 saturated carbocycles. The molecule has 0 fully saturated rings. The van der Waals surface area contributed by atoms with Gasteiger partial charge in [-0.3, -0.25) is 14.5 Å². The molecule has 134 valence electrons. The van der Waals surface area contributed by atoms with E-state index in [1.54, 1.807) is 12.4 Å². The largest absolute Gasteiger partial charge is 0.350 e. The van der Waals surface area contributed by atoms with Gasteiger partial charge in [-0.25, -0.2) is 0 Å². The fourth-order valence-corrected chi connectivity index (χ4v) is 3.28. The molecule has 27 heavy (non-hydrogen) atoms. The van der Waals surface area contributed by atoms with Crippen molar-refractivity contribution in [2.45, 2.75) is 13.0 Å². The fourth-order valence-electron chi connectivity index (χ4n) is 3.28. The van der Waals surface area contributed by atoms with Gasteiger partial charge < -0.3 is 5.32 Å². The average molecular weight is 356 g/mol. The van der Waals surface area contributed by atoms with E-state index in [9.17, 15) is 4.79 Å². The number of nitrogens with one attached hydrogen (secondary N) is 1. The molecule has 2 aromatic heterocycles. The van der Waals surface area contributed by atoms with Crippen LogP contribution in [0, 0.1) is 0 Å². The van der Waals surface area contributed by atoms with Crippen LogP contribution < -0.4 is 5.32 Å². The zero-order valence-corrected chi connectivity index (χ0v) is 15.1. The molecular formula is C22H20N4O. The highest BCUT2D eigenvalue weighted by molar-refractivity contribution is 5.90. The first kappa shape index (κ1) is 17.0. The summed E-state index contributed by atoms with van der Waals surface area (Å²) in [5, 5.41) is 9.74. The first-order valence-corrected chi connectivity index (χ1v) is 8.87. The minimum atomic E-state index is -0.0116. The minimum Gasteiger partial charge on any atom is -0.350 e. The van der Waals surface area contributed by atoms with E-state index in [-0.39, 0.29) is 5.91 Å². The van der Waals surface area contributed by atoms with Gasteiger partial charge in [0, 0.05) is 25.0 Å². The molecule has 4 aromatic rings. The molecular weight excluding hydrogens is 336 g/mol. The Labute approximate surface area is 157 Å². The number of benzene rings is 2. The summed E-state index contributed by atoms with van der Waals surface area (Å²) < 4.78 is 1.82. The van der Waals surface area contributed by atoms with Crippen LogP contribution in [0.3, 0.4) is 0 Å². The van der Waals surface area contributed by atoms with Crippen molar-refractivity contribution >= 4 is 16.7 Å². The lowest BCUT2D eigenvalue weighted by Crippen LogP contribution is -2.24. The lowest BCUT2D eigenvalue weighted by molar-refractivity contribution is -0.120. The van der Waals surface area contributed by atoms with Gasteiger partial charge in [0.05, 0.1) is 24.4 Å². The number of aromatic nitrogens is 3. The van der Waals surface area contributed by atoms with Crippen molar-refractivity contribution in [2.24, 2.45) is 7.05 Å². The molecule has 0 unspecified atom stereocenters.